The minimum absolute atomic E-state index is 0.109. The third-order valence-corrected chi connectivity index (χ3v) is 4.02. The molecule has 1 amide bonds. The lowest BCUT2D eigenvalue weighted by atomic mass is 10.1. The predicted molar refractivity (Wildman–Crippen MR) is 96.4 cm³/mol. The van der Waals surface area contributed by atoms with Gasteiger partial charge in [0.2, 0.25) is 0 Å². The van der Waals surface area contributed by atoms with Crippen LogP contribution < -0.4 is 5.32 Å². The van der Waals surface area contributed by atoms with Crippen LogP contribution in [-0.2, 0) is 9.53 Å². The number of esters is 1. The highest BCUT2D eigenvalue weighted by Crippen LogP contribution is 2.26. The second-order valence-electron chi connectivity index (χ2n) is 5.34. The minimum atomic E-state index is -0.757. The van der Waals surface area contributed by atoms with E-state index in [4.69, 9.17) is 27.9 Å². The van der Waals surface area contributed by atoms with E-state index in [9.17, 15) is 19.7 Å². The lowest BCUT2D eigenvalue weighted by molar-refractivity contribution is -0.384. The molecule has 9 heteroatoms. The second-order valence-corrected chi connectivity index (χ2v) is 6.18. The van der Waals surface area contributed by atoms with Gasteiger partial charge in [-0.1, -0.05) is 29.3 Å². The fraction of sp³-hybridized carbons (Fsp3) is 0.176. The van der Waals surface area contributed by atoms with Gasteiger partial charge in [-0.3, -0.25) is 14.9 Å². The minimum Gasteiger partial charge on any atom is -0.452 e. The molecular weight excluding hydrogens is 383 g/mol. The fourth-order valence-electron chi connectivity index (χ4n) is 2.15. The summed E-state index contributed by atoms with van der Waals surface area (Å²) in [7, 11) is 0. The molecule has 136 valence electrons. The number of halogens is 2. The van der Waals surface area contributed by atoms with Crippen LogP contribution in [0.4, 0.5) is 5.69 Å². The van der Waals surface area contributed by atoms with E-state index in [0.717, 1.165) is 0 Å². The molecule has 1 atom stereocenters. The van der Waals surface area contributed by atoms with Gasteiger partial charge >= 0.3 is 5.97 Å². The monoisotopic (exact) mass is 396 g/mol. The van der Waals surface area contributed by atoms with Gasteiger partial charge in [-0.2, -0.15) is 0 Å². The Morgan fingerprint density at radius 2 is 1.85 bits per heavy atom. The first kappa shape index (κ1) is 19.7. The van der Waals surface area contributed by atoms with E-state index in [2.05, 4.69) is 5.32 Å². The zero-order chi connectivity index (χ0) is 19.3. The van der Waals surface area contributed by atoms with Crippen LogP contribution in [0, 0.1) is 10.1 Å². The van der Waals surface area contributed by atoms with Gasteiger partial charge in [-0.05, 0) is 36.8 Å². The zero-order valence-electron chi connectivity index (χ0n) is 13.6. The van der Waals surface area contributed by atoms with Crippen molar-refractivity contribution in [1.29, 1.82) is 0 Å². The number of benzene rings is 2. The number of hydrogen-bond acceptors (Lipinski definition) is 5. The number of nitrogens with zero attached hydrogens (tertiary/aromatic N) is 1. The van der Waals surface area contributed by atoms with Gasteiger partial charge < -0.3 is 10.1 Å². The first-order chi connectivity index (χ1) is 12.3. The number of carbonyl (C=O) groups excluding carboxylic acids is 2. The largest absolute Gasteiger partial charge is 0.452 e. The number of hydrogen-bond donors (Lipinski definition) is 1. The van der Waals surface area contributed by atoms with E-state index in [-0.39, 0.29) is 11.3 Å². The van der Waals surface area contributed by atoms with Crippen molar-refractivity contribution in [3.63, 3.8) is 0 Å². The number of nitro groups is 1. The third-order valence-electron chi connectivity index (χ3n) is 3.45. The molecule has 0 aliphatic rings. The van der Waals surface area contributed by atoms with Crippen LogP contribution in [0.3, 0.4) is 0 Å². The average Bonchev–Trinajstić information content (AvgIpc) is 2.59. The van der Waals surface area contributed by atoms with Gasteiger partial charge in [0.05, 0.1) is 16.5 Å². The lowest BCUT2D eigenvalue weighted by Crippen LogP contribution is -2.31. The molecule has 0 saturated carbocycles. The van der Waals surface area contributed by atoms with E-state index in [1.165, 1.54) is 24.3 Å². The van der Waals surface area contributed by atoms with Crippen molar-refractivity contribution in [2.45, 2.75) is 13.0 Å². The van der Waals surface area contributed by atoms with Crippen LogP contribution in [0.5, 0.6) is 0 Å². The number of rotatable bonds is 6. The Labute approximate surface area is 159 Å². The molecule has 0 radical (unpaired) electrons. The summed E-state index contributed by atoms with van der Waals surface area (Å²) in [5, 5.41) is 14.1. The van der Waals surface area contributed by atoms with Crippen LogP contribution in [0.1, 0.15) is 28.9 Å². The molecule has 0 aromatic heterocycles. The van der Waals surface area contributed by atoms with Crippen LogP contribution in [0.2, 0.25) is 10.0 Å². The predicted octanol–water partition coefficient (Wildman–Crippen LogP) is 3.94. The molecule has 0 aliphatic carbocycles. The zero-order valence-corrected chi connectivity index (χ0v) is 15.1. The van der Waals surface area contributed by atoms with Crippen molar-refractivity contribution in [2.24, 2.45) is 0 Å². The molecule has 0 saturated heterocycles. The van der Waals surface area contributed by atoms with Crippen LogP contribution in [-0.4, -0.2) is 23.4 Å². The van der Waals surface area contributed by atoms with E-state index in [1.54, 1.807) is 25.1 Å². The van der Waals surface area contributed by atoms with Crippen molar-refractivity contribution in [3.05, 3.63) is 73.8 Å². The summed E-state index contributed by atoms with van der Waals surface area (Å²) in [6.45, 7) is 1.23. The Balaban J connectivity index is 1.89. The topological polar surface area (TPSA) is 98.5 Å². The van der Waals surface area contributed by atoms with Gasteiger partial charge in [-0.15, -0.1) is 0 Å². The van der Waals surface area contributed by atoms with Crippen LogP contribution >= 0.6 is 23.2 Å². The van der Waals surface area contributed by atoms with E-state index in [1.807, 2.05) is 0 Å². The Bertz CT molecular complexity index is 840. The van der Waals surface area contributed by atoms with Crippen molar-refractivity contribution in [2.75, 3.05) is 6.61 Å². The van der Waals surface area contributed by atoms with Gasteiger partial charge in [0.1, 0.15) is 0 Å². The summed E-state index contributed by atoms with van der Waals surface area (Å²) in [6, 6.07) is 9.38. The van der Waals surface area contributed by atoms with Gasteiger partial charge in [0.25, 0.3) is 11.6 Å². The maximum atomic E-state index is 11.9. The number of amides is 1. The number of non-ortho nitro benzene ring substituents is 1. The first-order valence-electron chi connectivity index (χ1n) is 7.44. The Hall–Kier alpha value is -2.64. The maximum absolute atomic E-state index is 11.9. The summed E-state index contributed by atoms with van der Waals surface area (Å²) in [5.74, 6) is -1.27. The molecule has 0 aliphatic heterocycles. The summed E-state index contributed by atoms with van der Waals surface area (Å²) in [6.07, 6.45) is 0. The normalized spacial score (nSPS) is 11.5. The number of nitrogens with one attached hydrogen (secondary N) is 1. The molecule has 2 aromatic carbocycles. The maximum Gasteiger partial charge on any atom is 0.338 e. The highest BCUT2D eigenvalue weighted by molar-refractivity contribution is 6.35. The molecule has 1 N–H and O–H groups in total. The Kier molecular flexibility index (Phi) is 6.54. The fourth-order valence-corrected chi connectivity index (χ4v) is 2.72. The third kappa shape index (κ3) is 5.18. The standard InChI is InChI=1S/C17H14Cl2N2O5/c1-10(14-7-4-12(18)8-15(14)19)20-16(22)9-26-17(23)11-2-5-13(6-3-11)21(24)25/h2-8,10H,9H2,1H3,(H,20,22)/t10-/m0/s1. The lowest BCUT2D eigenvalue weighted by Gasteiger charge is -2.16. The molecule has 0 bridgehead atoms. The van der Waals surface area contributed by atoms with Gasteiger partial charge in [-0.25, -0.2) is 4.79 Å². The van der Waals surface area contributed by atoms with Crippen molar-refractivity contribution in [3.8, 4) is 0 Å². The quantitative estimate of drug-likeness (QED) is 0.452. The van der Waals surface area contributed by atoms with Gasteiger partial charge in [0.15, 0.2) is 6.61 Å². The molecule has 26 heavy (non-hydrogen) atoms. The molecule has 0 spiro atoms. The van der Waals surface area contributed by atoms with E-state index >= 15 is 0 Å². The second kappa shape index (κ2) is 8.64. The molecule has 0 unspecified atom stereocenters. The highest BCUT2D eigenvalue weighted by Gasteiger charge is 2.16. The number of carbonyl (C=O) groups is 2. The number of nitro benzene ring substituents is 1. The molecule has 2 aromatic rings. The Morgan fingerprint density at radius 1 is 1.19 bits per heavy atom. The average molecular weight is 397 g/mol. The highest BCUT2D eigenvalue weighted by atomic mass is 35.5. The van der Waals surface area contributed by atoms with Crippen molar-refractivity contribution in [1.82, 2.24) is 5.32 Å². The number of ether oxygens (including phenoxy) is 1. The summed E-state index contributed by atoms with van der Waals surface area (Å²) < 4.78 is 4.90. The van der Waals surface area contributed by atoms with E-state index < -0.39 is 29.4 Å². The molecule has 0 heterocycles. The first-order valence-corrected chi connectivity index (χ1v) is 8.19. The Morgan fingerprint density at radius 3 is 2.42 bits per heavy atom. The van der Waals surface area contributed by atoms with Crippen molar-refractivity contribution >= 4 is 40.8 Å². The summed E-state index contributed by atoms with van der Waals surface area (Å²) in [5.41, 5.74) is 0.635. The van der Waals surface area contributed by atoms with Crippen LogP contribution in [0.25, 0.3) is 0 Å². The molecule has 0 fully saturated rings. The van der Waals surface area contributed by atoms with Crippen molar-refractivity contribution < 1.29 is 19.2 Å². The van der Waals surface area contributed by atoms with E-state index in [0.29, 0.717) is 15.6 Å². The molecular formula is C17H14Cl2N2O5. The smallest absolute Gasteiger partial charge is 0.338 e. The molecule has 2 rings (SSSR count). The van der Waals surface area contributed by atoms with Gasteiger partial charge in [0, 0.05) is 22.2 Å². The summed E-state index contributed by atoms with van der Waals surface area (Å²) in [4.78, 5) is 33.8. The molecule has 7 nitrogen and oxygen atoms in total. The van der Waals surface area contributed by atoms with Crippen LogP contribution in [0.15, 0.2) is 42.5 Å². The summed E-state index contributed by atoms with van der Waals surface area (Å²) >= 11 is 11.9. The SMILES string of the molecule is C[C@H](NC(=O)COC(=O)c1ccc([N+](=O)[O-])cc1)c1ccc(Cl)cc1Cl.